The van der Waals surface area contributed by atoms with Crippen LogP contribution in [-0.4, -0.2) is 75.5 Å². The number of H-pyrrole nitrogens is 1. The molecule has 2 aromatic rings. The number of thiol groups is 1. The van der Waals surface area contributed by atoms with Gasteiger partial charge < -0.3 is 43.2 Å². The van der Waals surface area contributed by atoms with Gasteiger partial charge in [0.2, 0.25) is 29.5 Å². The Labute approximate surface area is 222 Å². The van der Waals surface area contributed by atoms with Crippen LogP contribution in [0.25, 0.3) is 10.9 Å². The van der Waals surface area contributed by atoms with Gasteiger partial charge in [0.1, 0.15) is 18.1 Å². The van der Waals surface area contributed by atoms with E-state index in [1.807, 2.05) is 18.2 Å². The fraction of sp³-hybridized carbons (Fsp3) is 0.391. The van der Waals surface area contributed by atoms with Crippen molar-refractivity contribution in [3.05, 3.63) is 36.0 Å². The number of aliphatic carboxylic acids is 1. The Bertz CT molecular complexity index is 1200. The van der Waals surface area contributed by atoms with E-state index in [9.17, 15) is 33.9 Å². The number of amides is 5. The molecule has 0 fully saturated rings. The van der Waals surface area contributed by atoms with E-state index in [-0.39, 0.29) is 25.0 Å². The standard InChI is InChI=1S/C23H31N7O7S/c24-13(8-19(26)32)20(33)28-15(5-6-18(25)31)21(34)30-17(10-38)22(35)29-16(23(36)37)7-11-9-27-14-4-2-1-3-12(11)14/h1-4,9,13,15-17,27,38H,5-8,10,24H2,(H2,25,31)(H2,26,32)(H,28,33)(H,29,35)(H,30,34)(H,36,37). The van der Waals surface area contributed by atoms with Crippen LogP contribution >= 0.6 is 12.6 Å². The molecule has 0 saturated carbocycles. The molecule has 0 bridgehead atoms. The van der Waals surface area contributed by atoms with Crippen LogP contribution in [0, 0.1) is 0 Å². The third-order valence-electron chi connectivity index (χ3n) is 5.60. The number of carboxylic acid groups (broad SMARTS) is 1. The second-order valence-corrected chi connectivity index (χ2v) is 8.92. The highest BCUT2D eigenvalue weighted by atomic mass is 32.1. The van der Waals surface area contributed by atoms with E-state index >= 15 is 0 Å². The predicted octanol–water partition coefficient (Wildman–Crippen LogP) is -2.35. The summed E-state index contributed by atoms with van der Waals surface area (Å²) in [6.45, 7) is 0. The van der Waals surface area contributed by atoms with Gasteiger partial charge in [-0.25, -0.2) is 4.79 Å². The smallest absolute Gasteiger partial charge is 0.326 e. The number of para-hydroxylation sites is 1. The molecular formula is C23H31N7O7S. The lowest BCUT2D eigenvalue weighted by atomic mass is 10.0. The number of nitrogens with one attached hydrogen (secondary N) is 4. The number of carbonyl (C=O) groups is 6. The summed E-state index contributed by atoms with van der Waals surface area (Å²) in [5.41, 5.74) is 17.2. The van der Waals surface area contributed by atoms with Crippen LogP contribution < -0.4 is 33.2 Å². The van der Waals surface area contributed by atoms with Crippen molar-refractivity contribution in [3.63, 3.8) is 0 Å². The normalized spacial score (nSPS) is 14.1. The third-order valence-corrected chi connectivity index (χ3v) is 5.96. The van der Waals surface area contributed by atoms with Gasteiger partial charge in [-0.2, -0.15) is 12.6 Å². The Hall–Kier alpha value is -4.11. The summed E-state index contributed by atoms with van der Waals surface area (Å²) in [6.07, 6.45) is 0.625. The van der Waals surface area contributed by atoms with Gasteiger partial charge >= 0.3 is 5.97 Å². The first-order chi connectivity index (χ1) is 17.9. The van der Waals surface area contributed by atoms with E-state index < -0.39 is 66.1 Å². The quantitative estimate of drug-likeness (QED) is 0.108. The summed E-state index contributed by atoms with van der Waals surface area (Å²) in [5.74, 6) is -5.67. The van der Waals surface area contributed by atoms with E-state index in [2.05, 4.69) is 33.6 Å². The molecule has 0 saturated heterocycles. The molecule has 1 aromatic carbocycles. The number of rotatable bonds is 15. The number of aromatic amines is 1. The van der Waals surface area contributed by atoms with Crippen molar-refractivity contribution < 1.29 is 33.9 Å². The van der Waals surface area contributed by atoms with Crippen molar-refractivity contribution in [2.75, 3.05) is 5.75 Å². The minimum absolute atomic E-state index is 0.0344. The summed E-state index contributed by atoms with van der Waals surface area (Å²) in [7, 11) is 0. The highest BCUT2D eigenvalue weighted by Crippen LogP contribution is 2.19. The molecule has 0 spiro atoms. The van der Waals surface area contributed by atoms with Crippen LogP contribution in [0.2, 0.25) is 0 Å². The zero-order valence-electron chi connectivity index (χ0n) is 20.3. The molecule has 38 heavy (non-hydrogen) atoms. The Morgan fingerprint density at radius 2 is 1.50 bits per heavy atom. The van der Waals surface area contributed by atoms with Crippen molar-refractivity contribution in [2.24, 2.45) is 17.2 Å². The summed E-state index contributed by atoms with van der Waals surface area (Å²) >= 11 is 4.07. The number of benzene rings is 1. The molecule has 0 aliphatic carbocycles. The molecule has 0 radical (unpaired) electrons. The molecule has 2 rings (SSSR count). The monoisotopic (exact) mass is 549 g/mol. The van der Waals surface area contributed by atoms with Crippen molar-refractivity contribution in [3.8, 4) is 0 Å². The number of hydrogen-bond donors (Lipinski definition) is 9. The molecule has 15 heteroatoms. The van der Waals surface area contributed by atoms with Crippen LogP contribution in [0.1, 0.15) is 24.8 Å². The van der Waals surface area contributed by atoms with Gasteiger partial charge in [0.05, 0.1) is 12.5 Å². The fourth-order valence-corrected chi connectivity index (χ4v) is 3.86. The highest BCUT2D eigenvalue weighted by Gasteiger charge is 2.30. The van der Waals surface area contributed by atoms with Gasteiger partial charge in [-0.15, -0.1) is 0 Å². The maximum atomic E-state index is 12.9. The van der Waals surface area contributed by atoms with Gasteiger partial charge in [-0.3, -0.25) is 24.0 Å². The molecule has 1 heterocycles. The van der Waals surface area contributed by atoms with Gasteiger partial charge in [0.25, 0.3) is 0 Å². The number of carbonyl (C=O) groups excluding carboxylic acids is 5. The number of nitrogens with two attached hydrogens (primary N) is 3. The highest BCUT2D eigenvalue weighted by molar-refractivity contribution is 7.80. The molecule has 14 nitrogen and oxygen atoms in total. The molecule has 11 N–H and O–H groups in total. The Morgan fingerprint density at radius 1 is 0.895 bits per heavy atom. The van der Waals surface area contributed by atoms with E-state index in [0.717, 1.165) is 10.9 Å². The zero-order chi connectivity index (χ0) is 28.4. The third kappa shape index (κ3) is 8.77. The largest absolute Gasteiger partial charge is 0.480 e. The van der Waals surface area contributed by atoms with Gasteiger partial charge in [-0.05, 0) is 18.1 Å². The first-order valence-electron chi connectivity index (χ1n) is 11.5. The maximum Gasteiger partial charge on any atom is 0.326 e. The van der Waals surface area contributed by atoms with Crippen molar-refractivity contribution in [1.29, 1.82) is 0 Å². The van der Waals surface area contributed by atoms with Gasteiger partial charge in [0.15, 0.2) is 0 Å². The van der Waals surface area contributed by atoms with Crippen LogP contribution in [0.5, 0.6) is 0 Å². The summed E-state index contributed by atoms with van der Waals surface area (Å²) in [6, 6.07) is 1.97. The number of hydrogen-bond acceptors (Lipinski definition) is 8. The lowest BCUT2D eigenvalue weighted by molar-refractivity contribution is -0.142. The van der Waals surface area contributed by atoms with E-state index in [0.29, 0.717) is 5.56 Å². The average Bonchev–Trinajstić information content (AvgIpc) is 3.26. The minimum Gasteiger partial charge on any atom is -0.480 e. The molecule has 5 amide bonds. The van der Waals surface area contributed by atoms with Gasteiger partial charge in [0, 0.05) is 35.7 Å². The first kappa shape index (κ1) is 30.1. The Morgan fingerprint density at radius 3 is 2.11 bits per heavy atom. The zero-order valence-corrected chi connectivity index (χ0v) is 21.2. The second kappa shape index (κ2) is 14.0. The number of carboxylic acids is 1. The molecule has 206 valence electrons. The minimum atomic E-state index is -1.35. The van der Waals surface area contributed by atoms with E-state index in [4.69, 9.17) is 17.2 Å². The molecular weight excluding hydrogens is 518 g/mol. The number of primary amides is 2. The number of aromatic nitrogens is 1. The maximum absolute atomic E-state index is 12.9. The molecule has 4 atom stereocenters. The second-order valence-electron chi connectivity index (χ2n) is 8.55. The van der Waals surface area contributed by atoms with E-state index in [1.54, 1.807) is 12.3 Å². The topological polar surface area (TPSA) is 253 Å². The van der Waals surface area contributed by atoms with Crippen LogP contribution in [-0.2, 0) is 35.2 Å². The number of fused-ring (bicyclic) bond motifs is 1. The SMILES string of the molecule is NC(=O)CCC(NC(=O)C(N)CC(N)=O)C(=O)NC(CS)C(=O)NC(Cc1c[nH]c2ccccc12)C(=O)O. The van der Waals surface area contributed by atoms with Crippen molar-refractivity contribution in [1.82, 2.24) is 20.9 Å². The van der Waals surface area contributed by atoms with Gasteiger partial charge in [-0.1, -0.05) is 18.2 Å². The fourth-order valence-electron chi connectivity index (χ4n) is 3.60. The van der Waals surface area contributed by atoms with E-state index in [1.165, 1.54) is 0 Å². The van der Waals surface area contributed by atoms with Crippen LogP contribution in [0.15, 0.2) is 30.5 Å². The summed E-state index contributed by atoms with van der Waals surface area (Å²) in [4.78, 5) is 75.2. The molecule has 4 unspecified atom stereocenters. The Kier molecular flexibility index (Phi) is 11.1. The average molecular weight is 550 g/mol. The summed E-state index contributed by atoms with van der Waals surface area (Å²) < 4.78 is 0. The van der Waals surface area contributed by atoms with Crippen LogP contribution in [0.4, 0.5) is 0 Å². The summed E-state index contributed by atoms with van der Waals surface area (Å²) in [5, 5.41) is 17.6. The van der Waals surface area contributed by atoms with Crippen molar-refractivity contribution in [2.45, 2.75) is 49.9 Å². The van der Waals surface area contributed by atoms with Crippen LogP contribution in [0.3, 0.4) is 0 Å². The molecule has 0 aliphatic rings. The molecule has 0 aliphatic heterocycles. The lowest BCUT2D eigenvalue weighted by Crippen LogP contribution is -2.58. The predicted molar refractivity (Wildman–Crippen MR) is 139 cm³/mol. The molecule has 1 aromatic heterocycles. The first-order valence-corrected chi connectivity index (χ1v) is 12.2. The van der Waals surface area contributed by atoms with Crippen molar-refractivity contribution >= 4 is 59.0 Å². The Balaban J connectivity index is 2.10. The lowest BCUT2D eigenvalue weighted by Gasteiger charge is -2.24.